The number of nitrogens with one attached hydrogen (secondary N) is 2. The van der Waals surface area contributed by atoms with Gasteiger partial charge in [0.2, 0.25) is 0 Å². The molecule has 2 N–H and O–H groups in total. The summed E-state index contributed by atoms with van der Waals surface area (Å²) in [6, 6.07) is 10.8. The van der Waals surface area contributed by atoms with Crippen LogP contribution in [-0.2, 0) is 6.54 Å². The number of pyridine rings is 1. The number of hydrogen-bond acceptors (Lipinski definition) is 2. The van der Waals surface area contributed by atoms with Gasteiger partial charge in [0.15, 0.2) is 5.15 Å². The summed E-state index contributed by atoms with van der Waals surface area (Å²) in [5.74, 6) is 0. The second-order valence-corrected chi connectivity index (χ2v) is 4.95. The Kier molecular flexibility index (Phi) is 4.76. The molecule has 0 radical (unpaired) electrons. The fraction of sp³-hybridized carbons (Fsp3) is 0.0769. The van der Waals surface area contributed by atoms with E-state index in [0.29, 0.717) is 12.2 Å². The van der Waals surface area contributed by atoms with Crippen LogP contribution in [0, 0.1) is 0 Å². The zero-order valence-corrected chi connectivity index (χ0v) is 12.2. The van der Waals surface area contributed by atoms with E-state index in [2.05, 4.69) is 31.5 Å². The number of anilines is 1. The van der Waals surface area contributed by atoms with Crippen molar-refractivity contribution in [1.82, 2.24) is 10.3 Å². The van der Waals surface area contributed by atoms with Gasteiger partial charge in [0.05, 0.1) is 5.69 Å². The summed E-state index contributed by atoms with van der Waals surface area (Å²) in [5, 5.41) is 5.65. The maximum atomic E-state index is 11.7. The van der Waals surface area contributed by atoms with Crippen molar-refractivity contribution in [3.05, 3.63) is 57.8 Å². The first kappa shape index (κ1) is 13.8. The highest BCUT2D eigenvalue weighted by Crippen LogP contribution is 2.18. The molecule has 4 nitrogen and oxygen atoms in total. The minimum atomic E-state index is -0.328. The summed E-state index contributed by atoms with van der Waals surface area (Å²) in [7, 11) is 0. The van der Waals surface area contributed by atoms with Crippen molar-refractivity contribution in [2.75, 3.05) is 5.32 Å². The van der Waals surface area contributed by atoms with Crippen molar-refractivity contribution in [2.24, 2.45) is 0 Å². The van der Waals surface area contributed by atoms with Crippen LogP contribution in [-0.4, -0.2) is 11.0 Å². The van der Waals surface area contributed by atoms with Crippen LogP contribution in [0.25, 0.3) is 0 Å². The van der Waals surface area contributed by atoms with E-state index in [1.165, 1.54) is 0 Å². The first-order chi connectivity index (χ1) is 9.16. The van der Waals surface area contributed by atoms with Gasteiger partial charge < -0.3 is 10.6 Å². The van der Waals surface area contributed by atoms with Crippen LogP contribution in [0.3, 0.4) is 0 Å². The molecular formula is C13H11BrClN3O. The average molecular weight is 341 g/mol. The van der Waals surface area contributed by atoms with Gasteiger partial charge in [0, 0.05) is 17.2 Å². The predicted molar refractivity (Wildman–Crippen MR) is 79.2 cm³/mol. The summed E-state index contributed by atoms with van der Waals surface area (Å²) in [5.41, 5.74) is 1.48. The lowest BCUT2D eigenvalue weighted by Gasteiger charge is -2.09. The van der Waals surface area contributed by atoms with E-state index in [9.17, 15) is 4.79 Å². The number of aromatic nitrogens is 1. The monoisotopic (exact) mass is 339 g/mol. The Morgan fingerprint density at radius 3 is 2.79 bits per heavy atom. The van der Waals surface area contributed by atoms with Crippen LogP contribution in [0.1, 0.15) is 5.56 Å². The smallest absolute Gasteiger partial charge is 0.319 e. The van der Waals surface area contributed by atoms with Crippen LogP contribution in [0.15, 0.2) is 47.1 Å². The maximum absolute atomic E-state index is 11.7. The van der Waals surface area contributed by atoms with Crippen molar-refractivity contribution >= 4 is 39.2 Å². The number of rotatable bonds is 3. The fourth-order valence-corrected chi connectivity index (χ4v) is 2.05. The Morgan fingerprint density at radius 2 is 2.05 bits per heavy atom. The molecule has 0 fully saturated rings. The number of carbonyl (C=O) groups is 1. The molecule has 0 unspecified atom stereocenters. The number of halogens is 2. The van der Waals surface area contributed by atoms with Gasteiger partial charge in [-0.2, -0.15) is 0 Å². The molecule has 0 aliphatic heterocycles. The maximum Gasteiger partial charge on any atom is 0.319 e. The summed E-state index contributed by atoms with van der Waals surface area (Å²) >= 11 is 9.27. The van der Waals surface area contributed by atoms with Crippen LogP contribution in [0.5, 0.6) is 0 Å². The molecule has 2 amide bonds. The molecule has 0 atom stereocenters. The van der Waals surface area contributed by atoms with Gasteiger partial charge in [-0.05, 0) is 23.8 Å². The quantitative estimate of drug-likeness (QED) is 0.835. The summed E-state index contributed by atoms with van der Waals surface area (Å²) in [4.78, 5) is 15.6. The normalized spacial score (nSPS) is 10.0. The molecule has 1 aromatic carbocycles. The molecule has 6 heteroatoms. The minimum absolute atomic E-state index is 0.263. The highest BCUT2D eigenvalue weighted by molar-refractivity contribution is 9.10. The van der Waals surface area contributed by atoms with E-state index in [1.807, 2.05) is 24.3 Å². The molecule has 0 saturated heterocycles. The van der Waals surface area contributed by atoms with Crippen LogP contribution in [0.4, 0.5) is 10.5 Å². The standard InChI is InChI=1S/C13H11BrClN3O/c14-10-5-2-1-4-9(10)8-17-13(19)18-11-6-3-7-16-12(11)15/h1-7H,8H2,(H2,17,18,19). The molecule has 0 saturated carbocycles. The number of nitrogens with zero attached hydrogens (tertiary/aromatic N) is 1. The SMILES string of the molecule is O=C(NCc1ccccc1Br)Nc1cccnc1Cl. The molecule has 1 aromatic heterocycles. The summed E-state index contributed by atoms with van der Waals surface area (Å²) in [6.07, 6.45) is 1.56. The van der Waals surface area contributed by atoms with Gasteiger partial charge in [-0.1, -0.05) is 45.7 Å². The molecular weight excluding hydrogens is 330 g/mol. The molecule has 19 heavy (non-hydrogen) atoms. The average Bonchev–Trinajstić information content (AvgIpc) is 2.40. The number of urea groups is 1. The summed E-state index contributed by atoms with van der Waals surface area (Å²) in [6.45, 7) is 0.422. The van der Waals surface area contributed by atoms with Gasteiger partial charge in [0.25, 0.3) is 0 Å². The van der Waals surface area contributed by atoms with Crippen LogP contribution < -0.4 is 10.6 Å². The Hall–Kier alpha value is -1.59. The highest BCUT2D eigenvalue weighted by Gasteiger charge is 2.06. The number of carbonyl (C=O) groups excluding carboxylic acids is 1. The van der Waals surface area contributed by atoms with E-state index in [-0.39, 0.29) is 11.2 Å². The molecule has 0 aliphatic rings. The lowest BCUT2D eigenvalue weighted by Crippen LogP contribution is -2.28. The third-order valence-electron chi connectivity index (χ3n) is 2.40. The third kappa shape index (κ3) is 3.94. The molecule has 0 aliphatic carbocycles. The number of benzene rings is 1. The van der Waals surface area contributed by atoms with Crippen molar-refractivity contribution in [3.63, 3.8) is 0 Å². The van der Waals surface area contributed by atoms with Crippen molar-refractivity contribution in [1.29, 1.82) is 0 Å². The van der Waals surface area contributed by atoms with Gasteiger partial charge >= 0.3 is 6.03 Å². The van der Waals surface area contributed by atoms with Gasteiger partial charge in [0.1, 0.15) is 0 Å². The Morgan fingerprint density at radius 1 is 1.26 bits per heavy atom. The Bertz CT molecular complexity index is 592. The Labute approximate surface area is 124 Å². The number of hydrogen-bond donors (Lipinski definition) is 2. The minimum Gasteiger partial charge on any atom is -0.334 e. The third-order valence-corrected chi connectivity index (χ3v) is 3.48. The lowest BCUT2D eigenvalue weighted by atomic mass is 10.2. The van der Waals surface area contributed by atoms with Crippen LogP contribution >= 0.6 is 27.5 Å². The van der Waals surface area contributed by atoms with E-state index < -0.39 is 0 Å². The highest BCUT2D eigenvalue weighted by atomic mass is 79.9. The zero-order chi connectivity index (χ0) is 13.7. The van der Waals surface area contributed by atoms with Crippen molar-refractivity contribution in [3.8, 4) is 0 Å². The van der Waals surface area contributed by atoms with E-state index in [1.54, 1.807) is 18.3 Å². The second kappa shape index (κ2) is 6.54. The van der Waals surface area contributed by atoms with E-state index >= 15 is 0 Å². The number of amides is 2. The molecule has 1 heterocycles. The Balaban J connectivity index is 1.92. The van der Waals surface area contributed by atoms with Gasteiger partial charge in [-0.3, -0.25) is 0 Å². The zero-order valence-electron chi connectivity index (χ0n) is 9.86. The predicted octanol–water partition coefficient (Wildman–Crippen LogP) is 3.82. The fourth-order valence-electron chi connectivity index (χ4n) is 1.46. The molecule has 2 rings (SSSR count). The first-order valence-corrected chi connectivity index (χ1v) is 6.72. The second-order valence-electron chi connectivity index (χ2n) is 3.74. The molecule has 0 bridgehead atoms. The molecule has 2 aromatic rings. The van der Waals surface area contributed by atoms with Crippen molar-refractivity contribution in [2.45, 2.75) is 6.54 Å². The van der Waals surface area contributed by atoms with Crippen LogP contribution in [0.2, 0.25) is 5.15 Å². The topological polar surface area (TPSA) is 54.0 Å². The molecule has 98 valence electrons. The summed E-state index contributed by atoms with van der Waals surface area (Å²) < 4.78 is 0.953. The first-order valence-electron chi connectivity index (χ1n) is 5.55. The van der Waals surface area contributed by atoms with E-state index in [0.717, 1.165) is 10.0 Å². The van der Waals surface area contributed by atoms with E-state index in [4.69, 9.17) is 11.6 Å². The van der Waals surface area contributed by atoms with Gasteiger partial charge in [-0.25, -0.2) is 9.78 Å². The van der Waals surface area contributed by atoms with Crippen molar-refractivity contribution < 1.29 is 4.79 Å². The van der Waals surface area contributed by atoms with Gasteiger partial charge in [-0.15, -0.1) is 0 Å². The lowest BCUT2D eigenvalue weighted by molar-refractivity contribution is 0.251. The molecule has 0 spiro atoms. The largest absolute Gasteiger partial charge is 0.334 e.